The SMILES string of the molecule is Cn1ccc2cc(N(C(N)=O)c3cncnc3)ccc21. The normalized spacial score (nSPS) is 10.7. The molecule has 0 radical (unpaired) electrons. The maximum Gasteiger partial charge on any atom is 0.323 e. The Morgan fingerprint density at radius 2 is 1.95 bits per heavy atom. The summed E-state index contributed by atoms with van der Waals surface area (Å²) in [6, 6.07) is 7.12. The van der Waals surface area contributed by atoms with Crippen LogP contribution in [-0.2, 0) is 7.05 Å². The molecule has 2 amide bonds. The second kappa shape index (κ2) is 4.65. The van der Waals surface area contributed by atoms with Crippen LogP contribution >= 0.6 is 0 Å². The zero-order chi connectivity index (χ0) is 14.1. The number of carbonyl (C=O) groups is 1. The van der Waals surface area contributed by atoms with Crippen molar-refractivity contribution in [3.63, 3.8) is 0 Å². The molecule has 6 heteroatoms. The number of aryl methyl sites for hydroxylation is 1. The van der Waals surface area contributed by atoms with Crippen molar-refractivity contribution >= 4 is 28.3 Å². The number of anilines is 2. The summed E-state index contributed by atoms with van der Waals surface area (Å²) in [5, 5.41) is 1.04. The number of hydrogen-bond donors (Lipinski definition) is 1. The molecule has 0 saturated heterocycles. The van der Waals surface area contributed by atoms with E-state index in [1.54, 1.807) is 12.4 Å². The topological polar surface area (TPSA) is 77.0 Å². The molecule has 0 aliphatic carbocycles. The lowest BCUT2D eigenvalue weighted by Gasteiger charge is -2.19. The number of nitrogens with zero attached hydrogens (tertiary/aromatic N) is 4. The molecule has 20 heavy (non-hydrogen) atoms. The van der Waals surface area contributed by atoms with Crippen molar-refractivity contribution in [1.82, 2.24) is 14.5 Å². The highest BCUT2D eigenvalue weighted by molar-refractivity contribution is 6.00. The molecule has 3 rings (SSSR count). The van der Waals surface area contributed by atoms with Crippen molar-refractivity contribution < 1.29 is 4.79 Å². The monoisotopic (exact) mass is 267 g/mol. The zero-order valence-corrected chi connectivity index (χ0v) is 10.9. The summed E-state index contributed by atoms with van der Waals surface area (Å²) in [7, 11) is 1.97. The van der Waals surface area contributed by atoms with Crippen molar-refractivity contribution in [3.8, 4) is 0 Å². The second-order valence-electron chi connectivity index (χ2n) is 4.44. The van der Waals surface area contributed by atoms with Gasteiger partial charge in [0.1, 0.15) is 6.33 Å². The lowest BCUT2D eigenvalue weighted by Crippen LogP contribution is -2.31. The number of nitrogens with two attached hydrogens (primary N) is 1. The van der Waals surface area contributed by atoms with E-state index in [0.29, 0.717) is 11.4 Å². The number of urea groups is 1. The fraction of sp³-hybridized carbons (Fsp3) is 0.0714. The Morgan fingerprint density at radius 3 is 2.65 bits per heavy atom. The van der Waals surface area contributed by atoms with E-state index in [0.717, 1.165) is 10.9 Å². The molecular formula is C14H13N5O. The number of hydrogen-bond acceptors (Lipinski definition) is 3. The lowest BCUT2D eigenvalue weighted by molar-refractivity contribution is 0.256. The van der Waals surface area contributed by atoms with Crippen LogP contribution in [0.15, 0.2) is 49.2 Å². The number of fused-ring (bicyclic) bond motifs is 1. The van der Waals surface area contributed by atoms with E-state index in [9.17, 15) is 4.79 Å². The Hall–Kier alpha value is -2.89. The summed E-state index contributed by atoms with van der Waals surface area (Å²) in [6.45, 7) is 0. The second-order valence-corrected chi connectivity index (χ2v) is 4.44. The Labute approximate surface area is 115 Å². The van der Waals surface area contributed by atoms with E-state index in [1.807, 2.05) is 42.1 Å². The van der Waals surface area contributed by atoms with Crippen molar-refractivity contribution in [1.29, 1.82) is 0 Å². The van der Waals surface area contributed by atoms with Gasteiger partial charge in [0.15, 0.2) is 0 Å². The number of primary amides is 1. The first kappa shape index (κ1) is 12.2. The molecule has 2 heterocycles. The average molecular weight is 267 g/mol. The van der Waals surface area contributed by atoms with E-state index in [4.69, 9.17) is 5.73 Å². The maximum absolute atomic E-state index is 11.7. The molecule has 100 valence electrons. The fourth-order valence-electron chi connectivity index (χ4n) is 2.22. The molecule has 0 aliphatic rings. The van der Waals surface area contributed by atoms with Crippen LogP contribution in [0.5, 0.6) is 0 Å². The zero-order valence-electron chi connectivity index (χ0n) is 10.9. The fourth-order valence-corrected chi connectivity index (χ4v) is 2.22. The molecular weight excluding hydrogens is 254 g/mol. The maximum atomic E-state index is 11.7. The van der Waals surface area contributed by atoms with Crippen LogP contribution in [0.1, 0.15) is 0 Å². The molecule has 0 bridgehead atoms. The van der Waals surface area contributed by atoms with Crippen LogP contribution < -0.4 is 10.6 Å². The largest absolute Gasteiger partial charge is 0.351 e. The van der Waals surface area contributed by atoms with E-state index in [2.05, 4.69) is 9.97 Å². The molecule has 3 aromatic rings. The Balaban J connectivity index is 2.12. The highest BCUT2D eigenvalue weighted by atomic mass is 16.2. The van der Waals surface area contributed by atoms with Gasteiger partial charge in [0.2, 0.25) is 0 Å². The number of carbonyl (C=O) groups excluding carboxylic acids is 1. The number of aromatic nitrogens is 3. The molecule has 0 fully saturated rings. The summed E-state index contributed by atoms with van der Waals surface area (Å²) in [6.07, 6.45) is 6.47. The molecule has 2 aromatic heterocycles. The van der Waals surface area contributed by atoms with E-state index in [1.165, 1.54) is 11.2 Å². The summed E-state index contributed by atoms with van der Waals surface area (Å²) < 4.78 is 2.01. The minimum Gasteiger partial charge on any atom is -0.351 e. The standard InChI is InChI=1S/C14H13N5O/c1-18-5-4-10-6-11(2-3-13(10)18)19(14(15)20)12-7-16-9-17-8-12/h2-9H,1H3,(H2,15,20). The van der Waals surface area contributed by atoms with Gasteiger partial charge in [0.05, 0.1) is 23.8 Å². The molecule has 0 saturated carbocycles. The van der Waals surface area contributed by atoms with Crippen LogP contribution in [0.3, 0.4) is 0 Å². The molecule has 0 aliphatic heterocycles. The third kappa shape index (κ3) is 1.97. The number of rotatable bonds is 2. The van der Waals surface area contributed by atoms with Gasteiger partial charge in [-0.15, -0.1) is 0 Å². The first-order chi connectivity index (χ1) is 9.66. The minimum atomic E-state index is -0.574. The van der Waals surface area contributed by atoms with Crippen molar-refractivity contribution in [2.75, 3.05) is 4.90 Å². The molecule has 6 nitrogen and oxygen atoms in total. The predicted octanol–water partition coefficient (Wildman–Crippen LogP) is 2.19. The van der Waals surface area contributed by atoms with Gasteiger partial charge < -0.3 is 10.3 Å². The van der Waals surface area contributed by atoms with Gasteiger partial charge in [-0.3, -0.25) is 4.90 Å². The summed E-state index contributed by atoms with van der Waals surface area (Å²) >= 11 is 0. The minimum absolute atomic E-state index is 0.537. The van der Waals surface area contributed by atoms with Crippen LogP contribution in [0.4, 0.5) is 16.2 Å². The van der Waals surface area contributed by atoms with Gasteiger partial charge in [0, 0.05) is 24.1 Å². The summed E-state index contributed by atoms with van der Waals surface area (Å²) in [4.78, 5) is 20.9. The van der Waals surface area contributed by atoms with E-state index >= 15 is 0 Å². The van der Waals surface area contributed by atoms with Gasteiger partial charge in [-0.05, 0) is 24.3 Å². The summed E-state index contributed by atoms with van der Waals surface area (Å²) in [5.41, 5.74) is 7.79. The van der Waals surface area contributed by atoms with E-state index < -0.39 is 6.03 Å². The smallest absolute Gasteiger partial charge is 0.323 e. The molecule has 1 aromatic carbocycles. The van der Waals surface area contributed by atoms with Crippen molar-refractivity contribution in [2.45, 2.75) is 0 Å². The predicted molar refractivity (Wildman–Crippen MR) is 76.7 cm³/mol. The van der Waals surface area contributed by atoms with Crippen molar-refractivity contribution in [2.24, 2.45) is 12.8 Å². The third-order valence-electron chi connectivity index (χ3n) is 3.15. The third-order valence-corrected chi connectivity index (χ3v) is 3.15. The number of benzene rings is 1. The van der Waals surface area contributed by atoms with Crippen LogP contribution in [0, 0.1) is 0 Å². The Bertz CT molecular complexity index is 766. The highest BCUT2D eigenvalue weighted by Gasteiger charge is 2.16. The first-order valence-corrected chi connectivity index (χ1v) is 6.06. The van der Waals surface area contributed by atoms with Gasteiger partial charge in [-0.2, -0.15) is 0 Å². The molecule has 0 atom stereocenters. The van der Waals surface area contributed by atoms with Crippen LogP contribution in [0.2, 0.25) is 0 Å². The average Bonchev–Trinajstić information content (AvgIpc) is 2.81. The lowest BCUT2D eigenvalue weighted by atomic mass is 10.2. The Kier molecular flexibility index (Phi) is 2.83. The molecule has 0 spiro atoms. The Morgan fingerprint density at radius 1 is 1.20 bits per heavy atom. The quantitative estimate of drug-likeness (QED) is 0.773. The van der Waals surface area contributed by atoms with Crippen molar-refractivity contribution in [3.05, 3.63) is 49.2 Å². The van der Waals surface area contributed by atoms with Gasteiger partial charge in [-0.1, -0.05) is 0 Å². The van der Waals surface area contributed by atoms with Crippen LogP contribution in [-0.4, -0.2) is 20.6 Å². The molecule has 2 N–H and O–H groups in total. The van der Waals surface area contributed by atoms with Gasteiger partial charge in [-0.25, -0.2) is 14.8 Å². The van der Waals surface area contributed by atoms with Crippen LogP contribution in [0.25, 0.3) is 10.9 Å². The first-order valence-electron chi connectivity index (χ1n) is 6.06. The van der Waals surface area contributed by atoms with Gasteiger partial charge in [0.25, 0.3) is 0 Å². The van der Waals surface area contributed by atoms with Gasteiger partial charge >= 0.3 is 6.03 Å². The van der Waals surface area contributed by atoms with E-state index in [-0.39, 0.29) is 0 Å². The highest BCUT2D eigenvalue weighted by Crippen LogP contribution is 2.27. The molecule has 0 unspecified atom stereocenters. The summed E-state index contributed by atoms with van der Waals surface area (Å²) in [5.74, 6) is 0. The number of amides is 2.